The van der Waals surface area contributed by atoms with E-state index in [1.54, 1.807) is 20.8 Å². The van der Waals surface area contributed by atoms with Crippen LogP contribution in [-0.4, -0.2) is 88.6 Å². The second kappa shape index (κ2) is 17.1. The number of likely N-dealkylation sites (tertiary alicyclic amines) is 1. The number of hydrogen-bond acceptors (Lipinski definition) is 6. The first kappa shape index (κ1) is 27.6. The van der Waals surface area contributed by atoms with Gasteiger partial charge in [-0.15, -0.1) is 0 Å². The maximum absolute atomic E-state index is 14.4. The largest absolute Gasteiger partial charge is 0.480 e. The summed E-state index contributed by atoms with van der Waals surface area (Å²) in [5, 5.41) is 9.95. The molecule has 3 rings (SSSR count). The molecule has 1 saturated carbocycles. The Labute approximate surface area is 268 Å². The minimum absolute atomic E-state index is 0. The van der Waals surface area contributed by atoms with Crippen LogP contribution in [0.1, 0.15) is 91.0 Å². The molecule has 8 nitrogen and oxygen atoms in total. The fraction of sp³-hybridized carbons (Fsp3) is 0.700. The monoisotopic (exact) mass is 591 g/mol. The summed E-state index contributed by atoms with van der Waals surface area (Å²) in [5.74, 6) is -2.19. The minimum Gasteiger partial charge on any atom is -0.480 e. The predicted molar refractivity (Wildman–Crippen MR) is 156 cm³/mol. The molecule has 10 heteroatoms. The second-order valence-corrected chi connectivity index (χ2v) is 13.7. The van der Waals surface area contributed by atoms with Crippen LogP contribution in [-0.2, 0) is 34.6 Å². The number of carboxylic acid groups (broad SMARTS) is 1. The van der Waals surface area contributed by atoms with Gasteiger partial charge in [-0.05, 0) is 43.1 Å². The van der Waals surface area contributed by atoms with Gasteiger partial charge in [-0.25, -0.2) is 4.79 Å². The number of amides is 1. The quantitative estimate of drug-likeness (QED) is 0.0966. The molecule has 2 fully saturated rings. The third-order valence-corrected chi connectivity index (χ3v) is 10.1. The van der Waals surface area contributed by atoms with Gasteiger partial charge in [-0.2, -0.15) is 0 Å². The Hall–Kier alpha value is -1.18. The third-order valence-electron chi connectivity index (χ3n) is 7.74. The molecule has 1 aliphatic heterocycles. The number of ether oxygens (including phenoxy) is 1. The zero-order valence-electron chi connectivity index (χ0n) is 29.4. The summed E-state index contributed by atoms with van der Waals surface area (Å²) in [4.78, 5) is 39.3. The van der Waals surface area contributed by atoms with Crippen LogP contribution in [0.5, 0.6) is 0 Å². The average molecular weight is 592 g/mol. The topological polar surface area (TPSA) is 110 Å². The Balaban J connectivity index is 0.00000705. The summed E-state index contributed by atoms with van der Waals surface area (Å²) in [6.07, 6.45) is 4.61. The molecule has 219 valence electrons. The second-order valence-electron chi connectivity index (χ2n) is 11.1. The van der Waals surface area contributed by atoms with Crippen LogP contribution in [0.25, 0.3) is 0 Å². The first-order valence-electron chi connectivity index (χ1n) is 16.7. The van der Waals surface area contributed by atoms with Gasteiger partial charge in [0.05, 0.1) is 6.85 Å². The standard InChI is InChI=1S/C30H46NO7P.Na/c1-4-28(33)37-30(22(2)3)38-39(36,18-12-11-15-23-13-7-5-8-14-23)21-27(32)31-20-25(19-26(31)29(34)35)24-16-9-6-10-17-24;/h5,7-8,13-14,22,24-26,30H,4,6,9-12,15-21H2,1-3H3,(H,34,35);/t25-,26+,30?,39?;/m1./s1/i5D,7D,8D,13D,14D;. The van der Waals surface area contributed by atoms with Crippen LogP contribution in [0.3, 0.4) is 0 Å². The zero-order chi connectivity index (χ0) is 32.8. The van der Waals surface area contributed by atoms with Crippen LogP contribution < -0.4 is 0 Å². The van der Waals surface area contributed by atoms with Crippen LogP contribution in [0.2, 0.25) is 0 Å². The fourth-order valence-electron chi connectivity index (χ4n) is 5.53. The smallest absolute Gasteiger partial charge is 0.326 e. The number of carbonyl (C=O) groups is 3. The fourth-order valence-corrected chi connectivity index (χ4v) is 7.83. The van der Waals surface area contributed by atoms with Crippen LogP contribution in [0.15, 0.2) is 30.2 Å². The molecule has 4 atom stereocenters. The summed E-state index contributed by atoms with van der Waals surface area (Å²) in [7, 11) is -3.84. The van der Waals surface area contributed by atoms with Crippen LogP contribution >= 0.6 is 7.37 Å². The van der Waals surface area contributed by atoms with Gasteiger partial charge in [0.15, 0.2) is 0 Å². The number of rotatable bonds is 14. The van der Waals surface area contributed by atoms with E-state index in [4.69, 9.17) is 16.1 Å². The molecule has 1 amide bonds. The molecule has 1 aliphatic carbocycles. The molecule has 1 saturated heterocycles. The number of hydrogen-bond donors (Lipinski definition) is 1. The molecule has 1 N–H and O–H groups in total. The van der Waals surface area contributed by atoms with Crippen molar-refractivity contribution in [2.24, 2.45) is 17.8 Å². The van der Waals surface area contributed by atoms with E-state index in [1.165, 1.54) is 4.90 Å². The Morgan fingerprint density at radius 3 is 2.38 bits per heavy atom. The Kier molecular flexibility index (Phi) is 11.8. The van der Waals surface area contributed by atoms with E-state index in [2.05, 4.69) is 0 Å². The maximum Gasteiger partial charge on any atom is 0.326 e. The van der Waals surface area contributed by atoms with Gasteiger partial charge in [0, 0.05) is 54.6 Å². The number of carbonyl (C=O) groups excluding carboxylic acids is 2. The number of esters is 1. The molecule has 40 heavy (non-hydrogen) atoms. The van der Waals surface area contributed by atoms with Gasteiger partial charge in [-0.3, -0.25) is 18.7 Å². The molecular weight excluding hydrogens is 540 g/mol. The first-order chi connectivity index (χ1) is 20.7. The van der Waals surface area contributed by atoms with Crippen LogP contribution in [0, 0.1) is 17.8 Å². The van der Waals surface area contributed by atoms with Gasteiger partial charge >= 0.3 is 11.9 Å². The minimum atomic E-state index is -3.84. The average Bonchev–Trinajstić information content (AvgIpc) is 3.45. The molecule has 0 spiro atoms. The van der Waals surface area contributed by atoms with E-state index < -0.39 is 61.8 Å². The van der Waals surface area contributed by atoms with Gasteiger partial charge in [0.2, 0.25) is 19.6 Å². The summed E-state index contributed by atoms with van der Waals surface area (Å²) in [6, 6.07) is -2.93. The van der Waals surface area contributed by atoms with Gasteiger partial charge in [0.1, 0.15) is 12.2 Å². The van der Waals surface area contributed by atoms with Crippen molar-refractivity contribution in [3.63, 3.8) is 0 Å². The normalized spacial score (nSPS) is 23.6. The number of benzene rings is 1. The van der Waals surface area contributed by atoms with E-state index in [1.807, 2.05) is 0 Å². The van der Waals surface area contributed by atoms with Crippen molar-refractivity contribution in [3.05, 3.63) is 35.8 Å². The van der Waals surface area contributed by atoms with E-state index in [0.29, 0.717) is 18.8 Å². The molecule has 0 aromatic heterocycles. The number of carboxylic acids is 1. The molecule has 1 aromatic rings. The Morgan fingerprint density at radius 1 is 1.10 bits per heavy atom. The maximum atomic E-state index is 14.4. The number of aliphatic carboxylic acids is 1. The Morgan fingerprint density at radius 2 is 1.77 bits per heavy atom. The van der Waals surface area contributed by atoms with Crippen molar-refractivity contribution in [1.82, 2.24) is 4.90 Å². The SMILES string of the molecule is [2H]c1c([2H])c([2H])c(CCCCP(=O)(CC(=O)N2C[C@H](C3CCCCC3)C[C@H]2C(=O)O)OC(OC(=O)CC)C(C)C)c([2H])c1[2H].[Na]. The predicted octanol–water partition coefficient (Wildman–Crippen LogP) is 5.74. The number of unbranched alkanes of at least 4 members (excludes halogenated alkanes) is 1. The van der Waals surface area contributed by atoms with E-state index >= 15 is 0 Å². The first-order valence-corrected chi connectivity index (χ1v) is 16.2. The van der Waals surface area contributed by atoms with E-state index in [-0.39, 0.29) is 91.0 Å². The summed E-state index contributed by atoms with van der Waals surface area (Å²) >= 11 is 0. The van der Waals surface area contributed by atoms with E-state index in [0.717, 1.165) is 32.1 Å². The van der Waals surface area contributed by atoms with Crippen molar-refractivity contribution in [1.29, 1.82) is 0 Å². The summed E-state index contributed by atoms with van der Waals surface area (Å²) in [5.41, 5.74) is 0.148. The van der Waals surface area contributed by atoms with Gasteiger partial charge < -0.3 is 14.7 Å². The molecule has 1 aromatic carbocycles. The molecule has 2 aliphatic rings. The zero-order valence-corrected chi connectivity index (χ0v) is 27.3. The third kappa shape index (κ3) is 10.6. The van der Waals surface area contributed by atoms with Crippen molar-refractivity contribution in [2.45, 2.75) is 97.3 Å². The Bertz CT molecular complexity index is 1230. The van der Waals surface area contributed by atoms with Crippen molar-refractivity contribution in [2.75, 3.05) is 18.9 Å². The molecule has 0 bridgehead atoms. The summed E-state index contributed by atoms with van der Waals surface area (Å²) < 4.78 is 65.6. The molecule has 2 unspecified atom stereocenters. The molecule has 1 radical (unpaired) electrons. The number of nitrogens with zero attached hydrogens (tertiary/aromatic N) is 1. The summed E-state index contributed by atoms with van der Waals surface area (Å²) in [6.45, 7) is 5.36. The van der Waals surface area contributed by atoms with Crippen molar-refractivity contribution in [3.8, 4) is 0 Å². The van der Waals surface area contributed by atoms with E-state index in [9.17, 15) is 24.1 Å². The molecular formula is C30H46NNaO7P. The molecule has 1 heterocycles. The van der Waals surface area contributed by atoms with Crippen LogP contribution in [0.4, 0.5) is 0 Å². The van der Waals surface area contributed by atoms with Crippen molar-refractivity contribution >= 4 is 54.8 Å². The van der Waals surface area contributed by atoms with Gasteiger partial charge in [0.25, 0.3) is 0 Å². The van der Waals surface area contributed by atoms with Gasteiger partial charge in [-0.1, -0.05) is 83.1 Å². The van der Waals surface area contributed by atoms with Crippen molar-refractivity contribution < 1.29 is 40.2 Å².